The molecule has 100 valence electrons. The van der Waals surface area contributed by atoms with Crippen molar-refractivity contribution in [1.29, 1.82) is 0 Å². The highest BCUT2D eigenvalue weighted by Crippen LogP contribution is 2.30. The Morgan fingerprint density at radius 1 is 1.26 bits per heavy atom. The smallest absolute Gasteiger partial charge is 0.138 e. The van der Waals surface area contributed by atoms with Crippen LogP contribution in [0.4, 0.5) is 11.5 Å². The minimum absolute atomic E-state index is 0.264. The van der Waals surface area contributed by atoms with Gasteiger partial charge in [-0.3, -0.25) is 0 Å². The van der Waals surface area contributed by atoms with Crippen LogP contribution in [0.25, 0.3) is 0 Å². The van der Waals surface area contributed by atoms with Crippen molar-refractivity contribution in [3.05, 3.63) is 41.3 Å². The standard InChI is InChI=1S/C14H16ClN3S/c1-9(2)12-13(15)16-8-17-14(12)18-10-5-4-6-11(7-10)19-3/h4-9H,1-3H3,(H,16,17,18). The van der Waals surface area contributed by atoms with E-state index in [9.17, 15) is 0 Å². The van der Waals surface area contributed by atoms with Crippen molar-refractivity contribution in [2.75, 3.05) is 11.6 Å². The van der Waals surface area contributed by atoms with Gasteiger partial charge in [-0.2, -0.15) is 0 Å². The zero-order chi connectivity index (χ0) is 13.8. The molecule has 0 aliphatic heterocycles. The van der Waals surface area contributed by atoms with E-state index in [4.69, 9.17) is 11.6 Å². The van der Waals surface area contributed by atoms with Gasteiger partial charge >= 0.3 is 0 Å². The van der Waals surface area contributed by atoms with Crippen molar-refractivity contribution < 1.29 is 0 Å². The van der Waals surface area contributed by atoms with Crippen LogP contribution in [-0.4, -0.2) is 16.2 Å². The van der Waals surface area contributed by atoms with Crippen molar-refractivity contribution in [2.45, 2.75) is 24.7 Å². The maximum Gasteiger partial charge on any atom is 0.138 e. The molecule has 19 heavy (non-hydrogen) atoms. The molecule has 0 unspecified atom stereocenters. The number of aromatic nitrogens is 2. The minimum atomic E-state index is 0.264. The molecule has 0 saturated heterocycles. The summed E-state index contributed by atoms with van der Waals surface area (Å²) in [6.07, 6.45) is 3.54. The van der Waals surface area contributed by atoms with Gasteiger partial charge in [-0.15, -0.1) is 11.8 Å². The van der Waals surface area contributed by atoms with E-state index >= 15 is 0 Å². The molecule has 1 heterocycles. The number of nitrogens with one attached hydrogen (secondary N) is 1. The van der Waals surface area contributed by atoms with E-state index in [1.54, 1.807) is 11.8 Å². The molecule has 0 aliphatic rings. The Hall–Kier alpha value is -1.26. The van der Waals surface area contributed by atoms with E-state index in [1.807, 2.05) is 12.1 Å². The average molecular weight is 294 g/mol. The second-order valence-corrected chi connectivity index (χ2v) is 5.68. The molecular formula is C14H16ClN3S. The van der Waals surface area contributed by atoms with Gasteiger partial charge in [-0.25, -0.2) is 9.97 Å². The predicted molar refractivity (Wildman–Crippen MR) is 82.6 cm³/mol. The average Bonchev–Trinajstić information content (AvgIpc) is 2.38. The Bertz CT molecular complexity index is 572. The van der Waals surface area contributed by atoms with Crippen LogP contribution >= 0.6 is 23.4 Å². The topological polar surface area (TPSA) is 37.8 Å². The first-order chi connectivity index (χ1) is 9.11. The van der Waals surface area contributed by atoms with E-state index in [2.05, 4.69) is 47.5 Å². The van der Waals surface area contributed by atoms with Gasteiger partial charge in [0, 0.05) is 16.1 Å². The Morgan fingerprint density at radius 3 is 2.74 bits per heavy atom. The third kappa shape index (κ3) is 3.39. The van der Waals surface area contributed by atoms with E-state index in [-0.39, 0.29) is 5.92 Å². The van der Waals surface area contributed by atoms with E-state index in [0.717, 1.165) is 17.1 Å². The molecule has 0 spiro atoms. The first-order valence-corrected chi connectivity index (χ1v) is 7.63. The van der Waals surface area contributed by atoms with Gasteiger partial charge in [0.2, 0.25) is 0 Å². The van der Waals surface area contributed by atoms with Crippen LogP contribution in [0.5, 0.6) is 0 Å². The Balaban J connectivity index is 2.35. The van der Waals surface area contributed by atoms with E-state index in [0.29, 0.717) is 5.15 Å². The monoisotopic (exact) mass is 293 g/mol. The summed E-state index contributed by atoms with van der Waals surface area (Å²) in [7, 11) is 0. The van der Waals surface area contributed by atoms with Gasteiger partial charge in [-0.1, -0.05) is 31.5 Å². The first kappa shape index (κ1) is 14.2. The van der Waals surface area contributed by atoms with Crippen LogP contribution in [0.3, 0.4) is 0 Å². The third-order valence-corrected chi connectivity index (χ3v) is 3.77. The molecule has 2 rings (SSSR count). The van der Waals surface area contributed by atoms with Crippen LogP contribution in [0.15, 0.2) is 35.5 Å². The first-order valence-electron chi connectivity index (χ1n) is 6.03. The summed E-state index contributed by atoms with van der Waals surface area (Å²) in [4.78, 5) is 9.55. The Morgan fingerprint density at radius 2 is 2.05 bits per heavy atom. The molecule has 1 N–H and O–H groups in total. The number of anilines is 2. The molecule has 0 aliphatic carbocycles. The normalized spacial score (nSPS) is 10.8. The number of nitrogens with zero attached hydrogens (tertiary/aromatic N) is 2. The van der Waals surface area contributed by atoms with Crippen molar-refractivity contribution in [1.82, 2.24) is 9.97 Å². The van der Waals surface area contributed by atoms with Gasteiger partial charge in [0.05, 0.1) is 0 Å². The molecule has 0 bridgehead atoms. The summed E-state index contributed by atoms with van der Waals surface area (Å²) < 4.78 is 0. The summed E-state index contributed by atoms with van der Waals surface area (Å²) in [5, 5.41) is 3.83. The van der Waals surface area contributed by atoms with Crippen molar-refractivity contribution in [3.8, 4) is 0 Å². The largest absolute Gasteiger partial charge is 0.340 e. The van der Waals surface area contributed by atoms with Crippen molar-refractivity contribution in [3.63, 3.8) is 0 Å². The van der Waals surface area contributed by atoms with E-state index in [1.165, 1.54) is 11.2 Å². The molecule has 1 aromatic carbocycles. The second kappa shape index (κ2) is 6.26. The lowest BCUT2D eigenvalue weighted by atomic mass is 10.1. The molecule has 5 heteroatoms. The molecular weight excluding hydrogens is 278 g/mol. The summed E-state index contributed by atoms with van der Waals surface area (Å²) >= 11 is 7.86. The highest BCUT2D eigenvalue weighted by molar-refractivity contribution is 7.98. The lowest BCUT2D eigenvalue weighted by Crippen LogP contribution is -2.03. The Kier molecular flexibility index (Phi) is 4.66. The van der Waals surface area contributed by atoms with Gasteiger partial charge < -0.3 is 5.32 Å². The third-order valence-electron chi connectivity index (χ3n) is 2.75. The SMILES string of the molecule is CSc1cccc(Nc2ncnc(Cl)c2C(C)C)c1. The van der Waals surface area contributed by atoms with Crippen LogP contribution < -0.4 is 5.32 Å². The van der Waals surface area contributed by atoms with Crippen LogP contribution in [0.1, 0.15) is 25.3 Å². The molecule has 0 fully saturated rings. The highest BCUT2D eigenvalue weighted by atomic mass is 35.5. The zero-order valence-electron chi connectivity index (χ0n) is 11.1. The molecule has 3 nitrogen and oxygen atoms in total. The lowest BCUT2D eigenvalue weighted by Gasteiger charge is -2.14. The van der Waals surface area contributed by atoms with Gasteiger partial charge in [0.15, 0.2) is 0 Å². The van der Waals surface area contributed by atoms with Crippen molar-refractivity contribution in [2.24, 2.45) is 0 Å². The summed E-state index contributed by atoms with van der Waals surface area (Å²) in [5.74, 6) is 1.04. The lowest BCUT2D eigenvalue weighted by molar-refractivity contribution is 0.850. The molecule has 2 aromatic rings. The fourth-order valence-corrected chi connectivity index (χ4v) is 2.63. The summed E-state index contributed by atoms with van der Waals surface area (Å²) in [6, 6.07) is 8.20. The van der Waals surface area contributed by atoms with Gasteiger partial charge in [0.1, 0.15) is 17.3 Å². The van der Waals surface area contributed by atoms with Crippen LogP contribution in [-0.2, 0) is 0 Å². The van der Waals surface area contributed by atoms with Crippen LogP contribution in [0, 0.1) is 0 Å². The summed E-state index contributed by atoms with van der Waals surface area (Å²) in [5.41, 5.74) is 1.95. The number of halogens is 1. The molecule has 0 atom stereocenters. The number of hydrogen-bond donors (Lipinski definition) is 1. The van der Waals surface area contributed by atoms with E-state index < -0.39 is 0 Å². The maximum atomic E-state index is 6.15. The second-order valence-electron chi connectivity index (χ2n) is 4.44. The van der Waals surface area contributed by atoms with Crippen LogP contribution in [0.2, 0.25) is 5.15 Å². The zero-order valence-corrected chi connectivity index (χ0v) is 12.7. The fourth-order valence-electron chi connectivity index (χ4n) is 1.82. The Labute approximate surface area is 122 Å². The quantitative estimate of drug-likeness (QED) is 0.654. The number of thioether (sulfide) groups is 1. The number of benzene rings is 1. The molecule has 0 saturated carbocycles. The minimum Gasteiger partial charge on any atom is -0.340 e. The fraction of sp³-hybridized carbons (Fsp3) is 0.286. The van der Waals surface area contributed by atoms with Gasteiger partial charge in [0.25, 0.3) is 0 Å². The highest BCUT2D eigenvalue weighted by Gasteiger charge is 2.13. The molecule has 0 amide bonds. The molecule has 0 radical (unpaired) electrons. The number of hydrogen-bond acceptors (Lipinski definition) is 4. The maximum absolute atomic E-state index is 6.15. The molecule has 1 aromatic heterocycles. The van der Waals surface area contributed by atoms with Crippen molar-refractivity contribution >= 4 is 34.9 Å². The number of rotatable bonds is 4. The predicted octanol–water partition coefficient (Wildman–Crippen LogP) is 4.72. The van der Waals surface area contributed by atoms with Gasteiger partial charge in [-0.05, 0) is 30.4 Å². The summed E-state index contributed by atoms with van der Waals surface area (Å²) in [6.45, 7) is 4.15.